The van der Waals surface area contributed by atoms with Crippen molar-refractivity contribution in [3.8, 4) is 0 Å². The quantitative estimate of drug-likeness (QED) is 0.736. The number of Topliss-reactive ketones (excluding diaryl/α,β-unsaturated/α-hetero) is 1. The first-order valence-corrected chi connectivity index (χ1v) is 9.67. The van der Waals surface area contributed by atoms with Crippen LogP contribution in [0.4, 0.5) is 0 Å². The minimum absolute atomic E-state index is 0.0135. The Balaban J connectivity index is 2.20. The first-order chi connectivity index (χ1) is 10.6. The number of rotatable bonds is 6. The summed E-state index contributed by atoms with van der Waals surface area (Å²) in [5.74, 6) is 0.861. The van der Waals surface area contributed by atoms with Crippen LogP contribution in [0.3, 0.4) is 0 Å². The second-order valence-electron chi connectivity index (χ2n) is 6.96. The number of sulfonamides is 1. The number of carbonyl (C=O) groups is 1. The normalized spacial score (nSPS) is 23.1. The second kappa shape index (κ2) is 6.75. The Kier molecular flexibility index (Phi) is 5.33. The third-order valence-electron chi connectivity index (χ3n) is 4.37. The van der Waals surface area contributed by atoms with Gasteiger partial charge in [0.25, 0.3) is 0 Å². The summed E-state index contributed by atoms with van der Waals surface area (Å²) in [6.07, 6.45) is 1.19. The van der Waals surface area contributed by atoms with E-state index < -0.39 is 10.0 Å². The van der Waals surface area contributed by atoms with E-state index in [0.717, 1.165) is 5.76 Å². The monoisotopic (exact) mass is 342 g/mol. The van der Waals surface area contributed by atoms with Crippen LogP contribution in [0.5, 0.6) is 0 Å². The Bertz CT molecular complexity index is 663. The van der Waals surface area contributed by atoms with Crippen LogP contribution in [-0.4, -0.2) is 56.8 Å². The van der Waals surface area contributed by atoms with Crippen LogP contribution in [0.1, 0.15) is 30.2 Å². The van der Waals surface area contributed by atoms with E-state index in [0.29, 0.717) is 18.8 Å². The lowest BCUT2D eigenvalue weighted by Crippen LogP contribution is -2.28. The van der Waals surface area contributed by atoms with Crippen LogP contribution < -0.4 is 0 Å². The van der Waals surface area contributed by atoms with Crippen molar-refractivity contribution >= 4 is 15.8 Å². The minimum Gasteiger partial charge on any atom is -0.457 e. The number of hydrogen-bond donors (Lipinski definition) is 0. The molecule has 2 atom stereocenters. The molecule has 1 aromatic rings. The predicted octanol–water partition coefficient (Wildman–Crippen LogP) is 1.69. The highest BCUT2D eigenvalue weighted by atomic mass is 32.2. The summed E-state index contributed by atoms with van der Waals surface area (Å²) in [4.78, 5) is 14.8. The molecule has 0 radical (unpaired) electrons. The van der Waals surface area contributed by atoms with Crippen molar-refractivity contribution < 1.29 is 17.6 Å². The van der Waals surface area contributed by atoms with Crippen molar-refractivity contribution in [3.63, 3.8) is 0 Å². The van der Waals surface area contributed by atoms with Gasteiger partial charge in [-0.2, -0.15) is 0 Å². The molecule has 2 rings (SSSR count). The van der Waals surface area contributed by atoms with Crippen molar-refractivity contribution in [2.24, 2.45) is 17.8 Å². The Labute approximate surface area is 138 Å². The third-order valence-corrected chi connectivity index (χ3v) is 5.61. The zero-order valence-electron chi connectivity index (χ0n) is 14.4. The standard InChI is InChI=1S/C16H26N2O4S/c1-11(2)13-9-18(23(5,20)21)10-14(13)16(19)15-7-6-12(22-15)8-17(3)4/h6-7,11,13-14H,8-10H2,1-5H3/t13-,14?/m1/s1. The van der Waals surface area contributed by atoms with Crippen molar-refractivity contribution in [1.82, 2.24) is 9.21 Å². The lowest BCUT2D eigenvalue weighted by atomic mass is 9.83. The molecule has 130 valence electrons. The van der Waals surface area contributed by atoms with Gasteiger partial charge >= 0.3 is 0 Å². The van der Waals surface area contributed by atoms with Gasteiger partial charge in [-0.3, -0.25) is 4.79 Å². The van der Waals surface area contributed by atoms with E-state index in [1.165, 1.54) is 10.6 Å². The van der Waals surface area contributed by atoms with Gasteiger partial charge < -0.3 is 9.32 Å². The van der Waals surface area contributed by atoms with Crippen LogP contribution >= 0.6 is 0 Å². The number of hydrogen-bond acceptors (Lipinski definition) is 5. The molecular formula is C16H26N2O4S. The average Bonchev–Trinajstić information content (AvgIpc) is 3.02. The molecule has 0 aromatic carbocycles. The van der Waals surface area contributed by atoms with E-state index in [9.17, 15) is 13.2 Å². The molecular weight excluding hydrogens is 316 g/mol. The van der Waals surface area contributed by atoms with Crippen molar-refractivity contribution in [1.29, 1.82) is 0 Å². The van der Waals surface area contributed by atoms with Crippen LogP contribution in [0.25, 0.3) is 0 Å². The fourth-order valence-corrected chi connectivity index (χ4v) is 3.98. The first-order valence-electron chi connectivity index (χ1n) is 7.82. The highest BCUT2D eigenvalue weighted by Gasteiger charge is 2.43. The number of nitrogens with zero attached hydrogens (tertiary/aromatic N) is 2. The molecule has 0 N–H and O–H groups in total. The largest absolute Gasteiger partial charge is 0.457 e. The maximum Gasteiger partial charge on any atom is 0.211 e. The molecule has 1 unspecified atom stereocenters. The van der Waals surface area contributed by atoms with E-state index in [1.54, 1.807) is 12.1 Å². The topological polar surface area (TPSA) is 70.8 Å². The molecule has 0 bridgehead atoms. The van der Waals surface area contributed by atoms with Gasteiger partial charge in [-0.15, -0.1) is 0 Å². The molecule has 6 nitrogen and oxygen atoms in total. The molecule has 1 fully saturated rings. The van der Waals surface area contributed by atoms with Gasteiger partial charge in [0, 0.05) is 19.0 Å². The van der Waals surface area contributed by atoms with E-state index in [4.69, 9.17) is 4.42 Å². The Hall–Kier alpha value is -1.18. The third kappa shape index (κ3) is 4.22. The zero-order valence-corrected chi connectivity index (χ0v) is 15.3. The predicted molar refractivity (Wildman–Crippen MR) is 88.7 cm³/mol. The van der Waals surface area contributed by atoms with Gasteiger partial charge in [0.15, 0.2) is 5.76 Å². The smallest absolute Gasteiger partial charge is 0.211 e. The summed E-state index contributed by atoms with van der Waals surface area (Å²) < 4.78 is 30.7. The van der Waals surface area contributed by atoms with Crippen LogP contribution in [-0.2, 0) is 16.6 Å². The number of ketones is 1. The molecule has 1 saturated heterocycles. The zero-order chi connectivity index (χ0) is 17.4. The maximum absolute atomic E-state index is 12.8. The van der Waals surface area contributed by atoms with Gasteiger partial charge in [-0.25, -0.2) is 12.7 Å². The molecule has 0 spiro atoms. The Morgan fingerprint density at radius 3 is 2.52 bits per heavy atom. The molecule has 1 aliphatic heterocycles. The molecule has 23 heavy (non-hydrogen) atoms. The van der Waals surface area contributed by atoms with Crippen LogP contribution in [0.15, 0.2) is 16.5 Å². The maximum atomic E-state index is 12.8. The molecule has 7 heteroatoms. The Morgan fingerprint density at radius 2 is 2.00 bits per heavy atom. The summed E-state index contributed by atoms with van der Waals surface area (Å²) in [5.41, 5.74) is 0. The second-order valence-corrected chi connectivity index (χ2v) is 8.94. The van der Waals surface area contributed by atoms with E-state index >= 15 is 0 Å². The van der Waals surface area contributed by atoms with Gasteiger partial charge in [-0.1, -0.05) is 13.8 Å². The summed E-state index contributed by atoms with van der Waals surface area (Å²) in [5, 5.41) is 0. The summed E-state index contributed by atoms with van der Waals surface area (Å²) in [6.45, 7) is 5.32. The van der Waals surface area contributed by atoms with Crippen molar-refractivity contribution in [2.45, 2.75) is 20.4 Å². The number of carbonyl (C=O) groups excluding carboxylic acids is 1. The lowest BCUT2D eigenvalue weighted by molar-refractivity contribution is 0.0851. The average molecular weight is 342 g/mol. The molecule has 1 aromatic heterocycles. The highest BCUT2D eigenvalue weighted by molar-refractivity contribution is 7.88. The summed E-state index contributed by atoms with van der Waals surface area (Å²) in [6, 6.07) is 3.50. The fraction of sp³-hybridized carbons (Fsp3) is 0.688. The molecule has 0 saturated carbocycles. The minimum atomic E-state index is -3.28. The van der Waals surface area contributed by atoms with Gasteiger partial charge in [0.05, 0.1) is 12.8 Å². The van der Waals surface area contributed by atoms with Crippen molar-refractivity contribution in [3.05, 3.63) is 23.7 Å². The van der Waals surface area contributed by atoms with Crippen LogP contribution in [0, 0.1) is 17.8 Å². The fourth-order valence-electron chi connectivity index (χ4n) is 3.10. The molecule has 1 aliphatic rings. The highest BCUT2D eigenvalue weighted by Crippen LogP contribution is 2.33. The summed E-state index contributed by atoms with van der Waals surface area (Å²) in [7, 11) is 0.576. The lowest BCUT2D eigenvalue weighted by Gasteiger charge is -2.19. The van der Waals surface area contributed by atoms with Gasteiger partial charge in [0.1, 0.15) is 5.76 Å². The van der Waals surface area contributed by atoms with E-state index in [-0.39, 0.29) is 30.1 Å². The molecule has 2 heterocycles. The molecule has 0 aliphatic carbocycles. The van der Waals surface area contributed by atoms with E-state index in [2.05, 4.69) is 0 Å². The van der Waals surface area contributed by atoms with E-state index in [1.807, 2.05) is 32.8 Å². The molecule has 0 amide bonds. The van der Waals surface area contributed by atoms with Crippen molar-refractivity contribution in [2.75, 3.05) is 33.4 Å². The first kappa shape index (κ1) is 18.2. The summed E-state index contributed by atoms with van der Waals surface area (Å²) >= 11 is 0. The number of furan rings is 1. The van der Waals surface area contributed by atoms with Gasteiger partial charge in [-0.05, 0) is 38.1 Å². The SMILES string of the molecule is CC(C)[C@H]1CN(S(C)(=O)=O)CC1C(=O)c1ccc(CN(C)C)o1. The van der Waals surface area contributed by atoms with Crippen LogP contribution in [0.2, 0.25) is 0 Å². The van der Waals surface area contributed by atoms with Gasteiger partial charge in [0.2, 0.25) is 15.8 Å². The Morgan fingerprint density at radius 1 is 1.35 bits per heavy atom.